The predicted octanol–water partition coefficient (Wildman–Crippen LogP) is 9.81. The molecule has 2 N–H and O–H groups in total. The number of furan rings is 1. The van der Waals surface area contributed by atoms with Crippen LogP contribution in [-0.2, 0) is 0 Å². The molecule has 0 amide bonds. The van der Waals surface area contributed by atoms with E-state index in [1.54, 1.807) is 0 Å². The number of hydrogen-bond acceptors (Lipinski definition) is 5. The molecule has 222 valence electrons. The molecule has 2 atom stereocenters. The van der Waals surface area contributed by atoms with E-state index >= 15 is 0 Å². The third-order valence-electron chi connectivity index (χ3n) is 9.57. The van der Waals surface area contributed by atoms with Gasteiger partial charge in [-0.05, 0) is 61.5 Å². The van der Waals surface area contributed by atoms with E-state index in [1.807, 2.05) is 24.4 Å². The highest BCUT2D eigenvalue weighted by Crippen LogP contribution is 2.38. The first-order valence-corrected chi connectivity index (χ1v) is 16.0. The SMILES string of the molecule is C1=Cc2oc3ccccc3c2C(C2=NC(c3ccc4ccccc4c3)N=C(c3cccc4ccc5c6ccccc6ccc5c34)N2)N1. The van der Waals surface area contributed by atoms with E-state index in [1.165, 1.54) is 43.1 Å². The summed E-state index contributed by atoms with van der Waals surface area (Å²) < 4.78 is 6.28. The number of nitrogens with one attached hydrogen (secondary N) is 2. The van der Waals surface area contributed by atoms with E-state index in [4.69, 9.17) is 14.4 Å². The fraction of sp³-hybridized carbons (Fsp3) is 0.0476. The highest BCUT2D eigenvalue weighted by atomic mass is 16.3. The molecule has 8 aromatic rings. The second-order valence-electron chi connectivity index (χ2n) is 12.3. The molecule has 5 nitrogen and oxygen atoms in total. The van der Waals surface area contributed by atoms with Gasteiger partial charge in [0.05, 0.1) is 0 Å². The summed E-state index contributed by atoms with van der Waals surface area (Å²) in [7, 11) is 0. The van der Waals surface area contributed by atoms with Crippen molar-refractivity contribution in [2.45, 2.75) is 12.2 Å². The molecule has 2 unspecified atom stereocenters. The summed E-state index contributed by atoms with van der Waals surface area (Å²) in [6.45, 7) is 0. The Morgan fingerprint density at radius 3 is 2.26 bits per heavy atom. The fourth-order valence-corrected chi connectivity index (χ4v) is 7.37. The molecule has 0 saturated heterocycles. The van der Waals surface area contributed by atoms with Crippen molar-refractivity contribution in [3.05, 3.63) is 162 Å². The Balaban J connectivity index is 1.19. The Kier molecular flexibility index (Phi) is 5.63. The number of para-hydroxylation sites is 1. The van der Waals surface area contributed by atoms with Gasteiger partial charge in [0.15, 0.2) is 6.17 Å². The van der Waals surface area contributed by atoms with Crippen LogP contribution in [0.2, 0.25) is 0 Å². The van der Waals surface area contributed by atoms with Gasteiger partial charge in [-0.3, -0.25) is 0 Å². The first-order valence-electron chi connectivity index (χ1n) is 16.0. The molecule has 2 aliphatic heterocycles. The van der Waals surface area contributed by atoms with Gasteiger partial charge in [0, 0.05) is 28.1 Å². The normalized spacial score (nSPS) is 17.4. The second-order valence-corrected chi connectivity index (χ2v) is 12.3. The standard InChI is InChI=1S/C42H28N4O/c1-2-10-28-24-29(17-16-25(28)8-1)40-44-41(46-42(45-40)39-38-33-13-5-6-15-35(33)47-36(38)22-23-43-39)34-14-7-11-27-19-20-31-30-12-4-3-9-26(30)18-21-32(31)37(27)34/h1-24,39-40,43H,(H,44,45,46). The van der Waals surface area contributed by atoms with Crippen LogP contribution in [0.15, 0.2) is 154 Å². The lowest BCUT2D eigenvalue weighted by Gasteiger charge is -2.29. The highest BCUT2D eigenvalue weighted by Gasteiger charge is 2.32. The summed E-state index contributed by atoms with van der Waals surface area (Å²) in [5.74, 6) is 2.44. The number of nitrogens with zero attached hydrogens (tertiary/aromatic N) is 2. The van der Waals surface area contributed by atoms with E-state index in [-0.39, 0.29) is 6.04 Å². The summed E-state index contributed by atoms with van der Waals surface area (Å²) in [6, 6.07) is 46.9. The number of benzene rings is 7. The van der Waals surface area contributed by atoms with Gasteiger partial charge >= 0.3 is 0 Å². The minimum absolute atomic E-state index is 0.247. The van der Waals surface area contributed by atoms with Crippen LogP contribution in [-0.4, -0.2) is 11.7 Å². The zero-order valence-electron chi connectivity index (χ0n) is 25.3. The maximum Gasteiger partial charge on any atom is 0.169 e. The molecule has 2 aliphatic rings. The van der Waals surface area contributed by atoms with Gasteiger partial charge in [-0.15, -0.1) is 0 Å². The Hall–Kier alpha value is -6.20. The van der Waals surface area contributed by atoms with Crippen molar-refractivity contribution in [1.82, 2.24) is 10.6 Å². The van der Waals surface area contributed by atoms with E-state index in [9.17, 15) is 0 Å². The van der Waals surface area contributed by atoms with Gasteiger partial charge in [-0.1, -0.05) is 121 Å². The van der Waals surface area contributed by atoms with E-state index in [0.717, 1.165) is 45.1 Å². The average molecular weight is 605 g/mol. The van der Waals surface area contributed by atoms with Gasteiger partial charge in [-0.2, -0.15) is 0 Å². The molecule has 47 heavy (non-hydrogen) atoms. The molecular weight excluding hydrogens is 576 g/mol. The first kappa shape index (κ1) is 26.1. The quantitative estimate of drug-likeness (QED) is 0.197. The molecule has 0 fully saturated rings. The van der Waals surface area contributed by atoms with Crippen molar-refractivity contribution in [2.24, 2.45) is 9.98 Å². The van der Waals surface area contributed by atoms with Crippen molar-refractivity contribution in [1.29, 1.82) is 0 Å². The summed E-state index contributed by atoms with van der Waals surface area (Å²) in [4.78, 5) is 10.7. The lowest BCUT2D eigenvalue weighted by Crippen LogP contribution is -2.43. The van der Waals surface area contributed by atoms with E-state index in [2.05, 4.69) is 132 Å². The van der Waals surface area contributed by atoms with Crippen molar-refractivity contribution in [3.63, 3.8) is 0 Å². The van der Waals surface area contributed by atoms with Gasteiger partial charge in [0.1, 0.15) is 29.1 Å². The lowest BCUT2D eigenvalue weighted by molar-refractivity contribution is 0.585. The minimum Gasteiger partial charge on any atom is -0.456 e. The molecular formula is C42H28N4O. The summed E-state index contributed by atoms with van der Waals surface area (Å²) >= 11 is 0. The third kappa shape index (κ3) is 4.10. The largest absolute Gasteiger partial charge is 0.456 e. The smallest absolute Gasteiger partial charge is 0.169 e. The highest BCUT2D eigenvalue weighted by molar-refractivity contribution is 6.25. The van der Waals surface area contributed by atoms with Crippen LogP contribution in [0.5, 0.6) is 0 Å². The van der Waals surface area contributed by atoms with Crippen LogP contribution < -0.4 is 10.6 Å². The molecule has 1 aromatic heterocycles. The Morgan fingerprint density at radius 2 is 1.32 bits per heavy atom. The number of hydrogen-bond donors (Lipinski definition) is 2. The maximum atomic E-state index is 6.28. The molecule has 0 aliphatic carbocycles. The number of fused-ring (bicyclic) bond motifs is 9. The lowest BCUT2D eigenvalue weighted by atomic mass is 9.93. The Labute approximate surface area is 270 Å². The molecule has 3 heterocycles. The zero-order valence-corrected chi connectivity index (χ0v) is 25.3. The monoisotopic (exact) mass is 604 g/mol. The van der Waals surface area contributed by atoms with Crippen LogP contribution in [0, 0.1) is 0 Å². The fourth-order valence-electron chi connectivity index (χ4n) is 7.37. The molecule has 0 radical (unpaired) electrons. The number of rotatable bonds is 3. The average Bonchev–Trinajstić information content (AvgIpc) is 3.53. The first-order chi connectivity index (χ1) is 23.3. The van der Waals surface area contributed by atoms with Crippen LogP contribution in [0.25, 0.3) is 60.1 Å². The molecule has 10 rings (SSSR count). The number of amidine groups is 2. The summed E-state index contributed by atoms with van der Waals surface area (Å²) in [5.41, 5.74) is 4.02. The van der Waals surface area contributed by atoms with Crippen LogP contribution in [0.4, 0.5) is 0 Å². The third-order valence-corrected chi connectivity index (χ3v) is 9.57. The molecule has 5 heteroatoms. The predicted molar refractivity (Wildman–Crippen MR) is 194 cm³/mol. The van der Waals surface area contributed by atoms with Gasteiger partial charge in [0.2, 0.25) is 0 Å². The van der Waals surface area contributed by atoms with Crippen molar-refractivity contribution < 1.29 is 4.42 Å². The van der Waals surface area contributed by atoms with Crippen molar-refractivity contribution >= 4 is 71.8 Å². The second kappa shape index (κ2) is 10.2. The topological polar surface area (TPSA) is 61.9 Å². The van der Waals surface area contributed by atoms with E-state index in [0.29, 0.717) is 0 Å². The van der Waals surface area contributed by atoms with Gasteiger partial charge < -0.3 is 15.1 Å². The maximum absolute atomic E-state index is 6.28. The molecule has 0 saturated carbocycles. The molecule has 0 spiro atoms. The van der Waals surface area contributed by atoms with Crippen molar-refractivity contribution in [3.8, 4) is 0 Å². The van der Waals surface area contributed by atoms with Gasteiger partial charge in [0.25, 0.3) is 0 Å². The molecule has 0 bridgehead atoms. The molecule has 7 aromatic carbocycles. The Morgan fingerprint density at radius 1 is 0.574 bits per heavy atom. The zero-order chi connectivity index (χ0) is 30.9. The summed E-state index contributed by atoms with van der Waals surface area (Å²) in [6.07, 6.45) is 3.50. The summed E-state index contributed by atoms with van der Waals surface area (Å²) in [5, 5.41) is 18.0. The van der Waals surface area contributed by atoms with Crippen LogP contribution >= 0.6 is 0 Å². The van der Waals surface area contributed by atoms with E-state index < -0.39 is 6.17 Å². The van der Waals surface area contributed by atoms with Crippen molar-refractivity contribution in [2.75, 3.05) is 0 Å². The minimum atomic E-state index is -0.439. The Bertz CT molecular complexity index is 2660. The number of aliphatic imine (C=N–C) groups is 2. The van der Waals surface area contributed by atoms with Gasteiger partial charge in [-0.25, -0.2) is 9.98 Å². The van der Waals surface area contributed by atoms with Crippen LogP contribution in [0.1, 0.15) is 34.7 Å². The van der Waals surface area contributed by atoms with Crippen LogP contribution in [0.3, 0.4) is 0 Å².